The molecule has 0 saturated heterocycles. The average molecular weight is 548 g/mol. The zero-order valence-electron chi connectivity index (χ0n) is 18.6. The Balaban J connectivity index is 1.39. The van der Waals surface area contributed by atoms with Gasteiger partial charge in [-0.05, 0) is 60.9 Å². The van der Waals surface area contributed by atoms with E-state index in [1.54, 1.807) is 18.2 Å². The maximum Gasteiger partial charge on any atom is 0.333 e. The molecule has 0 spiro atoms. The van der Waals surface area contributed by atoms with E-state index in [2.05, 4.69) is 10.3 Å². The highest BCUT2D eigenvalue weighted by Gasteiger charge is 2.23. The largest absolute Gasteiger partial charge is 0.382 e. The van der Waals surface area contributed by atoms with Crippen molar-refractivity contribution in [1.82, 2.24) is 9.55 Å². The van der Waals surface area contributed by atoms with Crippen molar-refractivity contribution in [2.24, 2.45) is 0 Å². The third-order valence-corrected chi connectivity index (χ3v) is 9.20. The van der Waals surface area contributed by atoms with Gasteiger partial charge in [-0.2, -0.15) is 0 Å². The maximum atomic E-state index is 15.0. The summed E-state index contributed by atoms with van der Waals surface area (Å²) in [7, 11) is -3.86. The Morgan fingerprint density at radius 3 is 2.58 bits per heavy atom. The van der Waals surface area contributed by atoms with Crippen molar-refractivity contribution in [3.8, 4) is 5.69 Å². The predicted molar refractivity (Wildman–Crippen MR) is 137 cm³/mol. The number of aromatic amines is 1. The van der Waals surface area contributed by atoms with Crippen LogP contribution < -0.4 is 16.6 Å². The average Bonchev–Trinajstić information content (AvgIpc) is 3.50. The van der Waals surface area contributed by atoms with Crippen LogP contribution in [0, 0.1) is 5.82 Å². The highest BCUT2D eigenvalue weighted by Crippen LogP contribution is 2.27. The first-order chi connectivity index (χ1) is 17.1. The normalized spacial score (nSPS) is 13.7. The molecule has 2 aromatic heterocycles. The number of sulfone groups is 1. The van der Waals surface area contributed by atoms with Gasteiger partial charge in [0.25, 0.3) is 5.56 Å². The molecule has 5 rings (SSSR count). The minimum absolute atomic E-state index is 0.0206. The lowest BCUT2D eigenvalue weighted by atomic mass is 10.1. The molecule has 0 radical (unpaired) electrons. The van der Waals surface area contributed by atoms with E-state index in [0.29, 0.717) is 16.1 Å². The first kappa shape index (κ1) is 24.4. The van der Waals surface area contributed by atoms with Crippen LogP contribution in [0.25, 0.3) is 16.6 Å². The van der Waals surface area contributed by atoms with E-state index in [4.69, 9.17) is 11.6 Å². The number of nitrogens with zero attached hydrogens (tertiary/aromatic N) is 1. The number of carbonyl (C=O) groups excluding carboxylic acids is 1. The molecule has 1 fully saturated rings. The van der Waals surface area contributed by atoms with Crippen LogP contribution in [0.1, 0.15) is 18.4 Å². The summed E-state index contributed by atoms with van der Waals surface area (Å²) in [6.07, 6.45) is 1.79. The van der Waals surface area contributed by atoms with Gasteiger partial charge >= 0.3 is 5.69 Å². The molecule has 2 aromatic carbocycles. The zero-order chi connectivity index (χ0) is 25.6. The monoisotopic (exact) mass is 547 g/mol. The number of benzene rings is 2. The summed E-state index contributed by atoms with van der Waals surface area (Å²) in [6.45, 7) is 0. The van der Waals surface area contributed by atoms with Gasteiger partial charge in [0.15, 0.2) is 15.6 Å². The van der Waals surface area contributed by atoms with Crippen molar-refractivity contribution in [3.63, 3.8) is 0 Å². The summed E-state index contributed by atoms with van der Waals surface area (Å²) in [4.78, 5) is 40.7. The number of thiophene rings is 1. The van der Waals surface area contributed by atoms with Crippen molar-refractivity contribution in [2.45, 2.75) is 29.5 Å². The number of H-pyrrole nitrogens is 1. The molecule has 0 atom stereocenters. The molecule has 2 heterocycles. The van der Waals surface area contributed by atoms with Gasteiger partial charge in [-0.1, -0.05) is 17.7 Å². The van der Waals surface area contributed by atoms with Crippen molar-refractivity contribution in [3.05, 3.63) is 85.1 Å². The van der Waals surface area contributed by atoms with Crippen molar-refractivity contribution < 1.29 is 17.6 Å². The molecular weight excluding hydrogens is 529 g/mol. The molecule has 0 amide bonds. The fourth-order valence-corrected chi connectivity index (χ4v) is 6.67. The molecule has 12 heteroatoms. The molecule has 1 aliphatic rings. The van der Waals surface area contributed by atoms with Crippen LogP contribution in [0.4, 0.5) is 10.1 Å². The van der Waals surface area contributed by atoms with Crippen molar-refractivity contribution in [1.29, 1.82) is 0 Å². The summed E-state index contributed by atoms with van der Waals surface area (Å²) in [5.74, 6) is -2.29. The Labute approximate surface area is 213 Å². The van der Waals surface area contributed by atoms with Gasteiger partial charge in [0.1, 0.15) is 15.8 Å². The smallest absolute Gasteiger partial charge is 0.333 e. The predicted octanol–water partition coefficient (Wildman–Crippen LogP) is 3.69. The highest BCUT2D eigenvalue weighted by molar-refractivity contribution is 7.94. The summed E-state index contributed by atoms with van der Waals surface area (Å²) in [5.41, 5.74) is -0.443. The number of carbonyl (C=O) groups is 1. The molecule has 186 valence electrons. The van der Waals surface area contributed by atoms with E-state index in [1.165, 1.54) is 24.3 Å². The van der Waals surface area contributed by atoms with Crippen LogP contribution in [-0.2, 0) is 21.1 Å². The molecule has 36 heavy (non-hydrogen) atoms. The number of rotatable bonds is 8. The van der Waals surface area contributed by atoms with E-state index >= 15 is 4.39 Å². The topological polar surface area (TPSA) is 118 Å². The molecule has 1 saturated carbocycles. The molecule has 4 aromatic rings. The lowest BCUT2D eigenvalue weighted by molar-refractivity contribution is -0.116. The van der Waals surface area contributed by atoms with Gasteiger partial charge in [-0.15, -0.1) is 11.3 Å². The third kappa shape index (κ3) is 4.99. The number of ketones is 1. The van der Waals surface area contributed by atoms with Crippen LogP contribution in [0.5, 0.6) is 0 Å². The second-order valence-electron chi connectivity index (χ2n) is 8.57. The molecule has 8 nitrogen and oxygen atoms in total. The number of hydrogen-bond acceptors (Lipinski definition) is 7. The second-order valence-corrected chi connectivity index (χ2v) is 12.5. The van der Waals surface area contributed by atoms with E-state index in [0.717, 1.165) is 35.9 Å². The molecule has 2 N–H and O–H groups in total. The van der Waals surface area contributed by atoms with Gasteiger partial charge in [-0.25, -0.2) is 22.2 Å². The first-order valence-electron chi connectivity index (χ1n) is 10.9. The Bertz CT molecular complexity index is 1740. The number of aromatic nitrogens is 2. The minimum atomic E-state index is -3.86. The van der Waals surface area contributed by atoms with E-state index in [1.807, 2.05) is 0 Å². The zero-order valence-corrected chi connectivity index (χ0v) is 21.0. The van der Waals surface area contributed by atoms with E-state index < -0.39 is 38.4 Å². The van der Waals surface area contributed by atoms with Gasteiger partial charge in [0.2, 0.25) is 0 Å². The number of hydrogen-bond donors (Lipinski definition) is 2. The number of nitrogens with one attached hydrogen (secondary N) is 2. The van der Waals surface area contributed by atoms with Crippen LogP contribution in [0.2, 0.25) is 4.34 Å². The fraction of sp³-hybridized carbons (Fsp3) is 0.208. The second kappa shape index (κ2) is 9.30. The van der Waals surface area contributed by atoms with Gasteiger partial charge < -0.3 is 10.3 Å². The van der Waals surface area contributed by atoms with Gasteiger partial charge in [0, 0.05) is 18.2 Å². The molecular formula is C24H19ClFN3O5S2. The summed E-state index contributed by atoms with van der Waals surface area (Å²) in [6, 6.07) is 11.7. The SMILES string of the molecule is O=C(Cc1ccc(-n2c(=O)[nH]c3cc(NC4CC4)ccc3c2=O)c(F)c1)CS(=O)(=O)c1ccc(Cl)s1. The number of halogens is 2. The lowest BCUT2D eigenvalue weighted by Crippen LogP contribution is -2.34. The molecule has 0 unspecified atom stereocenters. The first-order valence-corrected chi connectivity index (χ1v) is 13.8. The molecule has 1 aliphatic carbocycles. The van der Waals surface area contributed by atoms with E-state index in [-0.39, 0.29) is 31.6 Å². The Hall–Kier alpha value is -3.28. The number of fused-ring (bicyclic) bond motifs is 1. The lowest BCUT2D eigenvalue weighted by Gasteiger charge is -2.10. The quantitative estimate of drug-likeness (QED) is 0.347. The maximum absolute atomic E-state index is 15.0. The summed E-state index contributed by atoms with van der Waals surface area (Å²) < 4.78 is 40.7. The van der Waals surface area contributed by atoms with Crippen LogP contribution in [0.3, 0.4) is 0 Å². The Kier molecular flexibility index (Phi) is 6.31. The van der Waals surface area contributed by atoms with Crippen molar-refractivity contribution in [2.75, 3.05) is 11.1 Å². The fourth-order valence-electron chi connectivity index (χ4n) is 3.86. The van der Waals surface area contributed by atoms with E-state index in [9.17, 15) is 22.8 Å². The standard InChI is InChI=1S/C24H19ClFN3O5S2/c25-21-7-8-22(35-21)36(33,34)12-16(30)9-13-1-6-20(18(26)10-13)29-23(31)17-5-4-15(27-14-2-3-14)11-19(17)28-24(29)32/h1,4-8,10-11,14,27H,2-3,9,12H2,(H,28,32). The van der Waals surface area contributed by atoms with Crippen LogP contribution in [0.15, 0.2) is 62.3 Å². The minimum Gasteiger partial charge on any atom is -0.382 e. The molecule has 0 aliphatic heterocycles. The van der Waals surface area contributed by atoms with Crippen LogP contribution >= 0.6 is 22.9 Å². The Morgan fingerprint density at radius 2 is 1.92 bits per heavy atom. The number of Topliss-reactive ketones (excluding diaryl/α,β-unsaturated/α-hetero) is 1. The Morgan fingerprint density at radius 1 is 1.14 bits per heavy atom. The summed E-state index contributed by atoms with van der Waals surface area (Å²) in [5, 5.41) is 3.50. The third-order valence-electron chi connectivity index (χ3n) is 5.71. The molecule has 0 bridgehead atoms. The van der Waals surface area contributed by atoms with Gasteiger partial charge in [-0.3, -0.25) is 9.59 Å². The van der Waals surface area contributed by atoms with Crippen molar-refractivity contribution >= 4 is 55.1 Å². The van der Waals surface area contributed by atoms with Crippen LogP contribution in [-0.4, -0.2) is 35.5 Å². The number of anilines is 1. The summed E-state index contributed by atoms with van der Waals surface area (Å²) >= 11 is 6.62. The highest BCUT2D eigenvalue weighted by atomic mass is 35.5. The van der Waals surface area contributed by atoms with Gasteiger partial charge in [0.05, 0.1) is 20.9 Å².